The molecule has 1 aromatic carbocycles. The van der Waals surface area contributed by atoms with Gasteiger partial charge in [0.1, 0.15) is 0 Å². The van der Waals surface area contributed by atoms with Crippen molar-refractivity contribution < 1.29 is 4.79 Å². The van der Waals surface area contributed by atoms with Gasteiger partial charge in [-0.25, -0.2) is 4.98 Å². The number of nitrogens with zero attached hydrogens (tertiary/aromatic N) is 3. The Labute approximate surface area is 157 Å². The third-order valence-corrected chi connectivity index (χ3v) is 6.44. The summed E-state index contributed by atoms with van der Waals surface area (Å²) in [5, 5.41) is 1.37. The van der Waals surface area contributed by atoms with E-state index >= 15 is 0 Å². The van der Waals surface area contributed by atoms with Gasteiger partial charge in [-0.1, -0.05) is 36.7 Å². The summed E-state index contributed by atoms with van der Waals surface area (Å²) in [7, 11) is 0. The lowest BCUT2D eigenvalue weighted by Gasteiger charge is -2.26. The molecular formula is C20H25N3O2S. The zero-order valence-corrected chi connectivity index (χ0v) is 15.8. The molecule has 1 aromatic heterocycles. The highest BCUT2D eigenvalue weighted by atomic mass is 32.2. The molecule has 0 atom stereocenters. The van der Waals surface area contributed by atoms with E-state index in [1.807, 2.05) is 33.7 Å². The number of amides is 1. The second-order valence-electron chi connectivity index (χ2n) is 7.26. The molecule has 2 aromatic rings. The molecule has 6 heteroatoms. The topological polar surface area (TPSA) is 55.2 Å². The van der Waals surface area contributed by atoms with Gasteiger partial charge in [-0.2, -0.15) is 0 Å². The lowest BCUT2D eigenvalue weighted by Crippen LogP contribution is -2.37. The summed E-state index contributed by atoms with van der Waals surface area (Å²) in [5.74, 6) is 0.521. The average Bonchev–Trinajstić information content (AvgIpc) is 3.21. The maximum Gasteiger partial charge on any atom is 0.262 e. The summed E-state index contributed by atoms with van der Waals surface area (Å²) in [6.45, 7) is 1.72. The van der Waals surface area contributed by atoms with Gasteiger partial charge in [0.15, 0.2) is 5.16 Å². The lowest BCUT2D eigenvalue weighted by molar-refractivity contribution is -0.129. The second kappa shape index (κ2) is 7.82. The van der Waals surface area contributed by atoms with Crippen LogP contribution in [0.2, 0.25) is 0 Å². The van der Waals surface area contributed by atoms with Gasteiger partial charge in [0.25, 0.3) is 5.56 Å². The second-order valence-corrected chi connectivity index (χ2v) is 8.20. The Hall–Kier alpha value is -1.82. The number of rotatable bonds is 4. The molecule has 2 aliphatic rings. The fraction of sp³-hybridized carbons (Fsp3) is 0.550. The van der Waals surface area contributed by atoms with Crippen molar-refractivity contribution in [1.29, 1.82) is 0 Å². The molecule has 1 aliphatic carbocycles. The molecule has 0 radical (unpaired) electrons. The molecule has 2 heterocycles. The van der Waals surface area contributed by atoms with E-state index in [1.54, 1.807) is 0 Å². The predicted octanol–water partition coefficient (Wildman–Crippen LogP) is 3.62. The Morgan fingerprint density at radius 2 is 1.81 bits per heavy atom. The number of carbonyl (C=O) groups excluding carboxylic acids is 1. The molecule has 5 nitrogen and oxygen atoms in total. The maximum absolute atomic E-state index is 13.1. The number of benzene rings is 1. The number of piperidine rings is 1. The molecule has 26 heavy (non-hydrogen) atoms. The number of hydrogen-bond acceptors (Lipinski definition) is 4. The SMILES string of the molecule is O=C(CSc1nc2ccccc2c(=O)n1C1CCCC1)N1CCCCC1. The minimum absolute atomic E-state index is 0.0374. The fourth-order valence-electron chi connectivity index (χ4n) is 4.07. The molecule has 0 bridgehead atoms. The molecule has 2 fully saturated rings. The molecule has 1 saturated carbocycles. The van der Waals surface area contributed by atoms with Gasteiger partial charge in [0.2, 0.25) is 5.91 Å². The van der Waals surface area contributed by atoms with Crippen molar-refractivity contribution in [1.82, 2.24) is 14.5 Å². The first kappa shape index (κ1) is 17.6. The van der Waals surface area contributed by atoms with Crippen LogP contribution in [0.1, 0.15) is 51.0 Å². The van der Waals surface area contributed by atoms with Crippen LogP contribution in [0.5, 0.6) is 0 Å². The first-order valence-electron chi connectivity index (χ1n) is 9.66. The normalized spacial score (nSPS) is 18.5. The quantitative estimate of drug-likeness (QED) is 0.608. The Kier molecular flexibility index (Phi) is 5.29. The first-order chi connectivity index (χ1) is 12.7. The molecule has 4 rings (SSSR count). The van der Waals surface area contributed by atoms with Crippen LogP contribution in [0.3, 0.4) is 0 Å². The molecule has 1 amide bonds. The number of thioether (sulfide) groups is 1. The van der Waals surface area contributed by atoms with Crippen LogP contribution in [0.4, 0.5) is 0 Å². The Balaban J connectivity index is 1.63. The fourth-order valence-corrected chi connectivity index (χ4v) is 5.04. The highest BCUT2D eigenvalue weighted by molar-refractivity contribution is 7.99. The van der Waals surface area contributed by atoms with Crippen LogP contribution in [-0.4, -0.2) is 39.2 Å². The molecule has 0 unspecified atom stereocenters. The summed E-state index contributed by atoms with van der Waals surface area (Å²) in [6, 6.07) is 7.74. The maximum atomic E-state index is 13.1. The van der Waals surface area contributed by atoms with Crippen molar-refractivity contribution >= 4 is 28.6 Å². The number of aromatic nitrogens is 2. The van der Waals surface area contributed by atoms with E-state index in [2.05, 4.69) is 0 Å². The summed E-state index contributed by atoms with van der Waals surface area (Å²) in [5.41, 5.74) is 0.759. The van der Waals surface area contributed by atoms with Crippen LogP contribution in [0.15, 0.2) is 34.2 Å². The number of hydrogen-bond donors (Lipinski definition) is 0. The van der Waals surface area contributed by atoms with Gasteiger partial charge in [0.05, 0.1) is 16.7 Å². The third kappa shape index (κ3) is 3.52. The first-order valence-corrected chi connectivity index (χ1v) is 10.6. The molecule has 138 valence electrons. The van der Waals surface area contributed by atoms with Gasteiger partial charge in [-0.3, -0.25) is 14.2 Å². The number of fused-ring (bicyclic) bond motifs is 1. The summed E-state index contributed by atoms with van der Waals surface area (Å²) < 4.78 is 1.86. The van der Waals surface area contributed by atoms with E-state index in [1.165, 1.54) is 18.2 Å². The van der Waals surface area contributed by atoms with E-state index in [4.69, 9.17) is 4.98 Å². The van der Waals surface area contributed by atoms with Crippen LogP contribution < -0.4 is 5.56 Å². The van der Waals surface area contributed by atoms with Crippen LogP contribution >= 0.6 is 11.8 Å². The monoisotopic (exact) mass is 371 g/mol. The van der Waals surface area contributed by atoms with Crippen LogP contribution in [0.25, 0.3) is 10.9 Å². The van der Waals surface area contributed by atoms with Crippen molar-refractivity contribution in [2.45, 2.75) is 56.1 Å². The van der Waals surface area contributed by atoms with Gasteiger partial charge >= 0.3 is 0 Å². The third-order valence-electron chi connectivity index (χ3n) is 5.50. The van der Waals surface area contributed by atoms with E-state index in [9.17, 15) is 9.59 Å². The summed E-state index contributed by atoms with van der Waals surface area (Å²) >= 11 is 1.43. The van der Waals surface area contributed by atoms with E-state index in [-0.39, 0.29) is 17.5 Å². The standard InChI is InChI=1S/C20H25N3O2S/c24-18(22-12-6-1-7-13-22)14-26-20-21-17-11-5-4-10-16(17)19(25)23(20)15-8-2-3-9-15/h4-5,10-11,15H,1-3,6-9,12-14H2. The van der Waals surface area contributed by atoms with Crippen LogP contribution in [-0.2, 0) is 4.79 Å². The highest BCUT2D eigenvalue weighted by Gasteiger charge is 2.24. The molecular weight excluding hydrogens is 346 g/mol. The highest BCUT2D eigenvalue weighted by Crippen LogP contribution is 2.32. The van der Waals surface area contributed by atoms with Gasteiger partial charge in [-0.05, 0) is 44.2 Å². The summed E-state index contributed by atoms with van der Waals surface area (Å²) in [4.78, 5) is 32.3. The average molecular weight is 372 g/mol. The Morgan fingerprint density at radius 1 is 1.08 bits per heavy atom. The van der Waals surface area contributed by atoms with Crippen molar-refractivity contribution in [3.8, 4) is 0 Å². The minimum atomic E-state index is 0.0374. The van der Waals surface area contributed by atoms with E-state index in [0.717, 1.165) is 57.1 Å². The zero-order chi connectivity index (χ0) is 17.9. The predicted molar refractivity (Wildman–Crippen MR) is 105 cm³/mol. The zero-order valence-electron chi connectivity index (χ0n) is 15.0. The molecule has 0 spiro atoms. The largest absolute Gasteiger partial charge is 0.342 e. The molecule has 0 N–H and O–H groups in total. The van der Waals surface area contributed by atoms with Gasteiger partial charge < -0.3 is 4.90 Å². The van der Waals surface area contributed by atoms with Gasteiger partial charge in [-0.15, -0.1) is 0 Å². The number of carbonyl (C=O) groups is 1. The number of para-hydroxylation sites is 1. The van der Waals surface area contributed by atoms with E-state index in [0.29, 0.717) is 16.3 Å². The van der Waals surface area contributed by atoms with Crippen molar-refractivity contribution in [3.05, 3.63) is 34.6 Å². The molecule has 1 aliphatic heterocycles. The minimum Gasteiger partial charge on any atom is -0.342 e. The summed E-state index contributed by atoms with van der Waals surface area (Å²) in [6.07, 6.45) is 7.75. The van der Waals surface area contributed by atoms with Crippen molar-refractivity contribution in [2.24, 2.45) is 0 Å². The molecule has 1 saturated heterocycles. The van der Waals surface area contributed by atoms with E-state index < -0.39 is 0 Å². The van der Waals surface area contributed by atoms with Crippen molar-refractivity contribution in [3.63, 3.8) is 0 Å². The lowest BCUT2D eigenvalue weighted by atomic mass is 10.1. The Morgan fingerprint density at radius 3 is 2.58 bits per heavy atom. The smallest absolute Gasteiger partial charge is 0.262 e. The van der Waals surface area contributed by atoms with Crippen molar-refractivity contribution in [2.75, 3.05) is 18.8 Å². The Bertz CT molecular complexity index is 852. The number of likely N-dealkylation sites (tertiary alicyclic amines) is 1. The van der Waals surface area contributed by atoms with Crippen LogP contribution in [0, 0.1) is 0 Å². The van der Waals surface area contributed by atoms with Gasteiger partial charge in [0, 0.05) is 19.1 Å².